The number of anilines is 2. The van der Waals surface area contributed by atoms with Crippen molar-refractivity contribution in [1.29, 1.82) is 0 Å². The number of hydrogen-bond donors (Lipinski definition) is 2. The van der Waals surface area contributed by atoms with Gasteiger partial charge in [0.05, 0.1) is 18.5 Å². The van der Waals surface area contributed by atoms with Gasteiger partial charge in [-0.25, -0.2) is 0 Å². The zero-order valence-corrected chi connectivity index (χ0v) is 11.9. The van der Waals surface area contributed by atoms with Gasteiger partial charge in [0.15, 0.2) is 0 Å². The van der Waals surface area contributed by atoms with Gasteiger partial charge in [-0.2, -0.15) is 0 Å². The number of rotatable bonds is 7. The molecule has 0 radical (unpaired) electrons. The Bertz CT molecular complexity index is 366. The van der Waals surface area contributed by atoms with Crippen molar-refractivity contribution in [2.24, 2.45) is 0 Å². The molecule has 0 amide bonds. The second-order valence-corrected chi connectivity index (χ2v) is 4.81. The normalized spacial score (nSPS) is 11.0. The Hall–Kier alpha value is -1.42. The zero-order chi connectivity index (χ0) is 13.5. The van der Waals surface area contributed by atoms with Crippen molar-refractivity contribution < 1.29 is 4.74 Å². The largest absolute Gasteiger partial charge is 0.497 e. The molecule has 3 N–H and O–H groups in total. The quantitative estimate of drug-likeness (QED) is 0.577. The number of hydrogen-bond acceptors (Lipinski definition) is 4. The highest BCUT2D eigenvalue weighted by Gasteiger charge is 2.03. The molecule has 4 nitrogen and oxygen atoms in total. The Labute approximate surface area is 110 Å². The highest BCUT2D eigenvalue weighted by molar-refractivity contribution is 5.68. The fourth-order valence-corrected chi connectivity index (χ4v) is 1.64. The van der Waals surface area contributed by atoms with Crippen molar-refractivity contribution in [3.05, 3.63) is 18.2 Å². The third-order valence-corrected chi connectivity index (χ3v) is 3.14. The summed E-state index contributed by atoms with van der Waals surface area (Å²) in [7, 11) is 3.79. The van der Waals surface area contributed by atoms with Gasteiger partial charge >= 0.3 is 0 Å². The van der Waals surface area contributed by atoms with Gasteiger partial charge in [0.25, 0.3) is 0 Å². The molecule has 0 heterocycles. The Morgan fingerprint density at radius 1 is 1.39 bits per heavy atom. The molecule has 0 spiro atoms. The first-order valence-corrected chi connectivity index (χ1v) is 6.42. The highest BCUT2D eigenvalue weighted by Crippen LogP contribution is 2.23. The van der Waals surface area contributed by atoms with Gasteiger partial charge in [-0.3, -0.25) is 0 Å². The molecule has 0 aliphatic heterocycles. The predicted octanol–water partition coefficient (Wildman–Crippen LogP) is 2.42. The van der Waals surface area contributed by atoms with Crippen LogP contribution in [0.5, 0.6) is 5.75 Å². The van der Waals surface area contributed by atoms with E-state index in [0.29, 0.717) is 6.04 Å². The standard InChI is InChI=1S/C14H25N3O/c1-11(2)17(3)9-5-8-16-14-7-6-12(18-4)10-13(14)15/h6-7,10-11,16H,5,8-9,15H2,1-4H3. The fraction of sp³-hybridized carbons (Fsp3) is 0.571. The molecule has 1 rings (SSSR count). The van der Waals surface area contributed by atoms with Crippen LogP contribution in [0.4, 0.5) is 11.4 Å². The molecule has 0 saturated heterocycles. The maximum absolute atomic E-state index is 5.93. The van der Waals surface area contributed by atoms with Crippen LogP contribution in [0.15, 0.2) is 18.2 Å². The second-order valence-electron chi connectivity index (χ2n) is 4.81. The first-order valence-electron chi connectivity index (χ1n) is 6.42. The number of benzene rings is 1. The van der Waals surface area contributed by atoms with Crippen molar-refractivity contribution in [3.8, 4) is 5.75 Å². The van der Waals surface area contributed by atoms with Crippen molar-refractivity contribution in [2.45, 2.75) is 26.3 Å². The number of nitrogen functional groups attached to an aromatic ring is 1. The van der Waals surface area contributed by atoms with Gasteiger partial charge in [0.2, 0.25) is 0 Å². The molecule has 102 valence electrons. The lowest BCUT2D eigenvalue weighted by Gasteiger charge is -2.21. The van der Waals surface area contributed by atoms with Crippen molar-refractivity contribution >= 4 is 11.4 Å². The number of nitrogens with two attached hydrogens (primary N) is 1. The summed E-state index contributed by atoms with van der Waals surface area (Å²) >= 11 is 0. The molecule has 0 aliphatic carbocycles. The molecule has 1 aromatic rings. The van der Waals surface area contributed by atoms with E-state index in [1.165, 1.54) is 0 Å². The number of nitrogens with zero attached hydrogens (tertiary/aromatic N) is 1. The SMILES string of the molecule is COc1ccc(NCCCN(C)C(C)C)c(N)c1. The summed E-state index contributed by atoms with van der Waals surface area (Å²) in [6.07, 6.45) is 1.10. The molecule has 0 aromatic heterocycles. The van der Waals surface area contributed by atoms with E-state index < -0.39 is 0 Å². The van der Waals surface area contributed by atoms with Crippen LogP contribution in [0.3, 0.4) is 0 Å². The molecular weight excluding hydrogens is 226 g/mol. The molecule has 0 bridgehead atoms. The minimum atomic E-state index is 0.594. The average molecular weight is 251 g/mol. The first-order chi connectivity index (χ1) is 8.54. The van der Waals surface area contributed by atoms with Gasteiger partial charge in [-0.05, 0) is 46.0 Å². The van der Waals surface area contributed by atoms with Crippen LogP contribution in [-0.2, 0) is 0 Å². The topological polar surface area (TPSA) is 50.5 Å². The van der Waals surface area contributed by atoms with E-state index in [-0.39, 0.29) is 0 Å². The van der Waals surface area contributed by atoms with E-state index in [4.69, 9.17) is 10.5 Å². The lowest BCUT2D eigenvalue weighted by Crippen LogP contribution is -2.28. The van der Waals surface area contributed by atoms with E-state index in [9.17, 15) is 0 Å². The number of nitrogens with one attached hydrogen (secondary N) is 1. The molecule has 0 fully saturated rings. The van der Waals surface area contributed by atoms with Gasteiger partial charge in [-0.15, -0.1) is 0 Å². The third kappa shape index (κ3) is 4.45. The predicted molar refractivity (Wildman–Crippen MR) is 78.3 cm³/mol. The zero-order valence-electron chi connectivity index (χ0n) is 11.9. The molecule has 0 unspecified atom stereocenters. The van der Waals surface area contributed by atoms with Crippen molar-refractivity contribution in [2.75, 3.05) is 38.3 Å². The molecule has 0 saturated carbocycles. The number of methoxy groups -OCH3 is 1. The smallest absolute Gasteiger partial charge is 0.121 e. The maximum atomic E-state index is 5.93. The summed E-state index contributed by atoms with van der Waals surface area (Å²) in [5.74, 6) is 0.789. The Morgan fingerprint density at radius 2 is 2.11 bits per heavy atom. The van der Waals surface area contributed by atoms with Gasteiger partial charge in [0.1, 0.15) is 5.75 Å². The Balaban J connectivity index is 2.35. The molecule has 0 atom stereocenters. The summed E-state index contributed by atoms with van der Waals surface area (Å²) in [6, 6.07) is 6.30. The van der Waals surface area contributed by atoms with E-state index in [2.05, 4.69) is 31.1 Å². The lowest BCUT2D eigenvalue weighted by molar-refractivity contribution is 0.273. The van der Waals surface area contributed by atoms with Crippen LogP contribution < -0.4 is 15.8 Å². The van der Waals surface area contributed by atoms with Gasteiger partial charge in [0, 0.05) is 18.7 Å². The molecule has 4 heteroatoms. The van der Waals surface area contributed by atoms with E-state index in [1.807, 2.05) is 18.2 Å². The van der Waals surface area contributed by atoms with Crippen molar-refractivity contribution in [1.82, 2.24) is 4.90 Å². The van der Waals surface area contributed by atoms with Gasteiger partial charge in [-0.1, -0.05) is 0 Å². The van der Waals surface area contributed by atoms with Crippen LogP contribution in [-0.4, -0.2) is 38.2 Å². The summed E-state index contributed by atoms with van der Waals surface area (Å²) in [5, 5.41) is 3.35. The summed E-state index contributed by atoms with van der Waals surface area (Å²) < 4.78 is 5.12. The summed E-state index contributed by atoms with van der Waals surface area (Å²) in [4.78, 5) is 2.33. The van der Waals surface area contributed by atoms with Crippen LogP contribution in [0.1, 0.15) is 20.3 Å². The van der Waals surface area contributed by atoms with Crippen LogP contribution in [0.25, 0.3) is 0 Å². The van der Waals surface area contributed by atoms with E-state index in [1.54, 1.807) is 7.11 Å². The lowest BCUT2D eigenvalue weighted by atomic mass is 10.2. The maximum Gasteiger partial charge on any atom is 0.121 e. The van der Waals surface area contributed by atoms with Gasteiger partial charge < -0.3 is 20.7 Å². The van der Waals surface area contributed by atoms with E-state index >= 15 is 0 Å². The molecule has 18 heavy (non-hydrogen) atoms. The number of ether oxygens (including phenoxy) is 1. The monoisotopic (exact) mass is 251 g/mol. The average Bonchev–Trinajstić information content (AvgIpc) is 2.35. The Morgan fingerprint density at radius 3 is 2.67 bits per heavy atom. The summed E-state index contributed by atoms with van der Waals surface area (Å²) in [6.45, 7) is 6.41. The summed E-state index contributed by atoms with van der Waals surface area (Å²) in [5.41, 5.74) is 7.64. The van der Waals surface area contributed by atoms with E-state index in [0.717, 1.165) is 36.6 Å². The third-order valence-electron chi connectivity index (χ3n) is 3.14. The van der Waals surface area contributed by atoms with Crippen LogP contribution in [0, 0.1) is 0 Å². The molecule has 0 aliphatic rings. The van der Waals surface area contributed by atoms with Crippen LogP contribution in [0.2, 0.25) is 0 Å². The fourth-order valence-electron chi connectivity index (χ4n) is 1.64. The van der Waals surface area contributed by atoms with Crippen molar-refractivity contribution in [3.63, 3.8) is 0 Å². The Kier molecular flexibility index (Phi) is 5.78. The van der Waals surface area contributed by atoms with Crippen LogP contribution >= 0.6 is 0 Å². The second kappa shape index (κ2) is 7.11. The first kappa shape index (κ1) is 14.6. The molecule has 1 aromatic carbocycles. The highest BCUT2D eigenvalue weighted by atomic mass is 16.5. The minimum Gasteiger partial charge on any atom is -0.497 e. The minimum absolute atomic E-state index is 0.594. The molecular formula is C14H25N3O.